The zero-order chi connectivity index (χ0) is 20.9. The minimum absolute atomic E-state index is 0. The molecule has 0 aromatic heterocycles. The van der Waals surface area contributed by atoms with Crippen LogP contribution >= 0.6 is 24.0 Å². The Hall–Kier alpha value is -1.26. The van der Waals surface area contributed by atoms with Crippen molar-refractivity contribution in [1.29, 1.82) is 0 Å². The van der Waals surface area contributed by atoms with Crippen LogP contribution in [0.3, 0.4) is 0 Å². The molecule has 0 radical (unpaired) electrons. The number of benzene rings is 1. The monoisotopic (exact) mass is 533 g/mol. The SMILES string of the molecule is CCN1CCN(CCCCNC(=NC)NCCc2ccc(OC)c(OC)c2)CC1.I. The van der Waals surface area contributed by atoms with E-state index in [1.165, 1.54) is 51.3 Å². The quantitative estimate of drug-likeness (QED) is 0.197. The Morgan fingerprint density at radius 2 is 1.63 bits per heavy atom. The highest BCUT2D eigenvalue weighted by Crippen LogP contribution is 2.27. The standard InChI is InChI=1S/C22H39N5O2.HI/c1-5-26-14-16-27(17-15-26)13-7-6-11-24-22(23-2)25-12-10-19-8-9-20(28-3)21(18-19)29-4;/h8-9,18H,5-7,10-17H2,1-4H3,(H2,23,24,25);1H. The van der Waals surface area contributed by atoms with Crippen LogP contribution in [0, 0.1) is 0 Å². The van der Waals surface area contributed by atoms with Gasteiger partial charge >= 0.3 is 0 Å². The van der Waals surface area contributed by atoms with Crippen molar-refractivity contribution < 1.29 is 9.47 Å². The molecule has 172 valence electrons. The maximum atomic E-state index is 5.37. The van der Waals surface area contributed by atoms with Crippen molar-refractivity contribution in [3.63, 3.8) is 0 Å². The van der Waals surface area contributed by atoms with E-state index in [2.05, 4.69) is 38.4 Å². The van der Waals surface area contributed by atoms with Gasteiger partial charge in [0.25, 0.3) is 0 Å². The highest BCUT2D eigenvalue weighted by Gasteiger charge is 2.14. The molecule has 1 heterocycles. The van der Waals surface area contributed by atoms with Gasteiger partial charge in [0.1, 0.15) is 0 Å². The first kappa shape index (κ1) is 26.8. The van der Waals surface area contributed by atoms with Gasteiger partial charge in [0.15, 0.2) is 17.5 Å². The normalized spacial score (nSPS) is 15.4. The Morgan fingerprint density at radius 1 is 0.967 bits per heavy atom. The smallest absolute Gasteiger partial charge is 0.190 e. The predicted molar refractivity (Wildman–Crippen MR) is 136 cm³/mol. The topological polar surface area (TPSA) is 61.4 Å². The van der Waals surface area contributed by atoms with Crippen molar-refractivity contribution in [3.05, 3.63) is 23.8 Å². The van der Waals surface area contributed by atoms with Gasteiger partial charge in [-0.3, -0.25) is 4.99 Å². The van der Waals surface area contributed by atoms with E-state index in [1.807, 2.05) is 19.2 Å². The Morgan fingerprint density at radius 3 is 2.27 bits per heavy atom. The molecule has 1 aliphatic heterocycles. The molecule has 1 saturated heterocycles. The molecule has 0 unspecified atom stereocenters. The van der Waals surface area contributed by atoms with Gasteiger partial charge in [0.05, 0.1) is 14.2 Å². The number of rotatable bonds is 11. The van der Waals surface area contributed by atoms with Crippen LogP contribution in [-0.4, -0.2) is 89.4 Å². The molecule has 0 aliphatic carbocycles. The fraction of sp³-hybridized carbons (Fsp3) is 0.682. The number of nitrogens with zero attached hydrogens (tertiary/aromatic N) is 3. The molecule has 0 spiro atoms. The van der Waals surface area contributed by atoms with Crippen molar-refractivity contribution in [2.24, 2.45) is 4.99 Å². The first-order valence-electron chi connectivity index (χ1n) is 10.8. The number of hydrogen-bond acceptors (Lipinski definition) is 5. The average molecular weight is 533 g/mol. The van der Waals surface area contributed by atoms with Gasteiger partial charge in [-0.25, -0.2) is 0 Å². The number of hydrogen-bond donors (Lipinski definition) is 2. The molecule has 8 heteroatoms. The third kappa shape index (κ3) is 9.26. The van der Waals surface area contributed by atoms with E-state index in [0.29, 0.717) is 0 Å². The zero-order valence-corrected chi connectivity index (χ0v) is 21.4. The molecule has 1 fully saturated rings. The first-order valence-corrected chi connectivity index (χ1v) is 10.8. The van der Waals surface area contributed by atoms with E-state index < -0.39 is 0 Å². The minimum Gasteiger partial charge on any atom is -0.493 e. The summed E-state index contributed by atoms with van der Waals surface area (Å²) < 4.78 is 10.7. The van der Waals surface area contributed by atoms with Gasteiger partial charge in [0.2, 0.25) is 0 Å². The molecule has 2 N–H and O–H groups in total. The maximum absolute atomic E-state index is 5.37. The second-order valence-electron chi connectivity index (χ2n) is 7.35. The van der Waals surface area contributed by atoms with Gasteiger partial charge in [-0.15, -0.1) is 24.0 Å². The van der Waals surface area contributed by atoms with Crippen LogP contribution in [0.15, 0.2) is 23.2 Å². The second kappa shape index (κ2) is 15.5. The number of nitrogens with one attached hydrogen (secondary N) is 2. The first-order chi connectivity index (χ1) is 14.2. The fourth-order valence-electron chi connectivity index (χ4n) is 3.58. The number of guanidine groups is 1. The minimum atomic E-state index is 0. The van der Waals surface area contributed by atoms with Crippen LogP contribution in [0.2, 0.25) is 0 Å². The molecular formula is C22H40IN5O2. The van der Waals surface area contributed by atoms with Gasteiger partial charge in [-0.05, 0) is 50.0 Å². The lowest BCUT2D eigenvalue weighted by Gasteiger charge is -2.34. The summed E-state index contributed by atoms with van der Waals surface area (Å²) in [6.45, 7) is 11.2. The third-order valence-electron chi connectivity index (χ3n) is 5.48. The lowest BCUT2D eigenvalue weighted by molar-refractivity contribution is 0.136. The molecule has 0 amide bonds. The molecule has 2 rings (SSSR count). The van der Waals surface area contributed by atoms with Crippen LogP contribution < -0.4 is 20.1 Å². The van der Waals surface area contributed by atoms with Gasteiger partial charge < -0.3 is 29.9 Å². The van der Waals surface area contributed by atoms with Crippen LogP contribution in [0.4, 0.5) is 0 Å². The summed E-state index contributed by atoms with van der Waals surface area (Å²) in [5.41, 5.74) is 1.20. The second-order valence-corrected chi connectivity index (χ2v) is 7.35. The molecule has 0 bridgehead atoms. The predicted octanol–water partition coefficient (Wildman–Crippen LogP) is 2.45. The Bertz CT molecular complexity index is 622. The molecule has 1 aromatic carbocycles. The summed E-state index contributed by atoms with van der Waals surface area (Å²) >= 11 is 0. The van der Waals surface area contributed by atoms with Crippen molar-refractivity contribution >= 4 is 29.9 Å². The summed E-state index contributed by atoms with van der Waals surface area (Å²) in [4.78, 5) is 9.43. The van der Waals surface area contributed by atoms with E-state index in [-0.39, 0.29) is 24.0 Å². The molecule has 30 heavy (non-hydrogen) atoms. The number of halogens is 1. The van der Waals surface area contributed by atoms with Gasteiger partial charge in [0, 0.05) is 46.3 Å². The zero-order valence-electron chi connectivity index (χ0n) is 19.1. The van der Waals surface area contributed by atoms with E-state index in [9.17, 15) is 0 Å². The molecule has 1 aliphatic rings. The largest absolute Gasteiger partial charge is 0.493 e. The maximum Gasteiger partial charge on any atom is 0.190 e. The number of unbranched alkanes of at least 4 members (excludes halogenated alkanes) is 1. The number of aliphatic imine (C=N–C) groups is 1. The Balaban J connectivity index is 0.00000450. The van der Waals surface area contributed by atoms with E-state index in [0.717, 1.165) is 43.4 Å². The highest BCUT2D eigenvalue weighted by atomic mass is 127. The average Bonchev–Trinajstić information content (AvgIpc) is 2.77. The van der Waals surface area contributed by atoms with E-state index >= 15 is 0 Å². The molecule has 0 atom stereocenters. The molecule has 0 saturated carbocycles. The Labute approximate surface area is 199 Å². The lowest BCUT2D eigenvalue weighted by atomic mass is 10.1. The van der Waals surface area contributed by atoms with Crippen LogP contribution in [0.25, 0.3) is 0 Å². The van der Waals surface area contributed by atoms with Crippen molar-refractivity contribution in [1.82, 2.24) is 20.4 Å². The van der Waals surface area contributed by atoms with E-state index in [4.69, 9.17) is 9.47 Å². The van der Waals surface area contributed by atoms with Gasteiger partial charge in [-0.1, -0.05) is 13.0 Å². The van der Waals surface area contributed by atoms with Crippen molar-refractivity contribution in [2.45, 2.75) is 26.2 Å². The fourth-order valence-corrected chi connectivity index (χ4v) is 3.58. The van der Waals surface area contributed by atoms with Gasteiger partial charge in [-0.2, -0.15) is 0 Å². The third-order valence-corrected chi connectivity index (χ3v) is 5.48. The number of piperazine rings is 1. The summed E-state index contributed by atoms with van der Waals surface area (Å²) in [5, 5.41) is 6.80. The van der Waals surface area contributed by atoms with Crippen molar-refractivity contribution in [2.75, 3.05) is 73.6 Å². The lowest BCUT2D eigenvalue weighted by Crippen LogP contribution is -2.46. The molecule has 7 nitrogen and oxygen atoms in total. The molecular weight excluding hydrogens is 493 g/mol. The van der Waals surface area contributed by atoms with E-state index in [1.54, 1.807) is 14.2 Å². The number of methoxy groups -OCH3 is 2. The summed E-state index contributed by atoms with van der Waals surface area (Å²) in [7, 11) is 5.14. The van der Waals surface area contributed by atoms with Crippen LogP contribution in [-0.2, 0) is 6.42 Å². The van der Waals surface area contributed by atoms with Crippen molar-refractivity contribution in [3.8, 4) is 11.5 Å². The summed E-state index contributed by atoms with van der Waals surface area (Å²) in [6, 6.07) is 6.04. The number of likely N-dealkylation sites (N-methyl/N-ethyl adjacent to an activating group) is 1. The number of ether oxygens (including phenoxy) is 2. The summed E-state index contributed by atoms with van der Waals surface area (Å²) in [5.74, 6) is 2.39. The Kier molecular flexibility index (Phi) is 13.9. The summed E-state index contributed by atoms with van der Waals surface area (Å²) in [6.07, 6.45) is 3.27. The highest BCUT2D eigenvalue weighted by molar-refractivity contribution is 14.0. The van der Waals surface area contributed by atoms with Crippen LogP contribution in [0.5, 0.6) is 11.5 Å². The molecule has 1 aromatic rings. The van der Waals surface area contributed by atoms with Crippen LogP contribution in [0.1, 0.15) is 25.3 Å².